The molecule has 172 valence electrons. The van der Waals surface area contributed by atoms with Crippen molar-refractivity contribution in [3.8, 4) is 11.5 Å². The normalized spacial score (nSPS) is 10.5. The van der Waals surface area contributed by atoms with E-state index in [4.69, 9.17) is 4.42 Å². The van der Waals surface area contributed by atoms with Crippen LogP contribution in [0.4, 0.5) is 21.9 Å². The zero-order valence-corrected chi connectivity index (χ0v) is 19.4. The molecule has 0 bridgehead atoms. The van der Waals surface area contributed by atoms with Gasteiger partial charge in [0.05, 0.1) is 11.4 Å². The van der Waals surface area contributed by atoms with E-state index in [-0.39, 0.29) is 17.7 Å². The molecular formula is C26H24N4O3S. The predicted molar refractivity (Wildman–Crippen MR) is 137 cm³/mol. The number of anilines is 3. The first-order chi connectivity index (χ1) is 16.6. The number of para-hydroxylation sites is 1. The van der Waals surface area contributed by atoms with Gasteiger partial charge >= 0.3 is 6.03 Å². The van der Waals surface area contributed by atoms with Gasteiger partial charge in [0.15, 0.2) is 0 Å². The standard InChI is InChI=1S/C26H24N4O3S/c1-18-12-13-21(29-26(32)28-20-10-6-3-7-11-20)14-23(18)30-24(31)17-34-16-22-15-33-25(27-22)19-8-4-2-5-9-19/h2-15H,16-17H2,1H3,(H,30,31)(H2,28,29,32). The molecule has 1 aromatic heterocycles. The van der Waals surface area contributed by atoms with E-state index in [1.54, 1.807) is 30.5 Å². The Morgan fingerprint density at radius 1 is 0.882 bits per heavy atom. The predicted octanol–water partition coefficient (Wildman–Crippen LogP) is 6.17. The van der Waals surface area contributed by atoms with E-state index in [2.05, 4.69) is 20.9 Å². The number of nitrogens with zero attached hydrogens (tertiary/aromatic N) is 1. The Hall–Kier alpha value is -4.04. The van der Waals surface area contributed by atoms with Crippen molar-refractivity contribution in [1.29, 1.82) is 0 Å². The van der Waals surface area contributed by atoms with E-state index in [1.807, 2.05) is 61.5 Å². The fourth-order valence-corrected chi connectivity index (χ4v) is 3.87. The monoisotopic (exact) mass is 472 g/mol. The highest BCUT2D eigenvalue weighted by Gasteiger charge is 2.10. The van der Waals surface area contributed by atoms with Crippen LogP contribution in [0.1, 0.15) is 11.3 Å². The van der Waals surface area contributed by atoms with Gasteiger partial charge in [-0.2, -0.15) is 0 Å². The quantitative estimate of drug-likeness (QED) is 0.285. The van der Waals surface area contributed by atoms with Gasteiger partial charge in [-0.3, -0.25) is 4.79 Å². The van der Waals surface area contributed by atoms with Crippen molar-refractivity contribution < 1.29 is 14.0 Å². The van der Waals surface area contributed by atoms with Crippen LogP contribution in [0.2, 0.25) is 0 Å². The summed E-state index contributed by atoms with van der Waals surface area (Å²) in [5.74, 6) is 1.26. The molecule has 0 radical (unpaired) electrons. The summed E-state index contributed by atoms with van der Waals surface area (Å²) in [4.78, 5) is 29.2. The molecule has 0 spiro atoms. The highest BCUT2D eigenvalue weighted by atomic mass is 32.2. The third kappa shape index (κ3) is 6.49. The second-order valence-electron chi connectivity index (χ2n) is 7.53. The summed E-state index contributed by atoms with van der Waals surface area (Å²) in [6.07, 6.45) is 1.62. The van der Waals surface area contributed by atoms with Crippen LogP contribution in [0.3, 0.4) is 0 Å². The maximum atomic E-state index is 12.5. The smallest absolute Gasteiger partial charge is 0.323 e. The van der Waals surface area contributed by atoms with Crippen molar-refractivity contribution in [3.63, 3.8) is 0 Å². The molecule has 0 fully saturated rings. The SMILES string of the molecule is Cc1ccc(NC(=O)Nc2ccccc2)cc1NC(=O)CSCc1coc(-c2ccccc2)n1. The first-order valence-corrected chi connectivity index (χ1v) is 11.8. The molecule has 0 saturated heterocycles. The molecule has 0 unspecified atom stereocenters. The lowest BCUT2D eigenvalue weighted by atomic mass is 10.2. The fourth-order valence-electron chi connectivity index (χ4n) is 3.17. The number of carbonyl (C=O) groups excluding carboxylic acids is 2. The number of aromatic nitrogens is 1. The Kier molecular flexibility index (Phi) is 7.62. The van der Waals surface area contributed by atoms with Crippen molar-refractivity contribution in [3.05, 3.63) is 96.4 Å². The van der Waals surface area contributed by atoms with Crippen molar-refractivity contribution >= 4 is 40.8 Å². The minimum absolute atomic E-state index is 0.134. The summed E-state index contributed by atoms with van der Waals surface area (Å²) in [7, 11) is 0. The number of aryl methyl sites for hydroxylation is 1. The molecule has 0 aliphatic heterocycles. The molecule has 1 heterocycles. The third-order valence-electron chi connectivity index (χ3n) is 4.86. The van der Waals surface area contributed by atoms with Crippen LogP contribution in [0.15, 0.2) is 89.5 Å². The Labute approximate surface area is 202 Å². The highest BCUT2D eigenvalue weighted by molar-refractivity contribution is 7.99. The van der Waals surface area contributed by atoms with Crippen LogP contribution >= 0.6 is 11.8 Å². The van der Waals surface area contributed by atoms with Crippen molar-refractivity contribution in [2.24, 2.45) is 0 Å². The van der Waals surface area contributed by atoms with Gasteiger partial charge in [-0.15, -0.1) is 11.8 Å². The molecule has 7 nitrogen and oxygen atoms in total. The first kappa shape index (κ1) is 23.1. The lowest BCUT2D eigenvalue weighted by Gasteiger charge is -2.12. The lowest BCUT2D eigenvalue weighted by molar-refractivity contribution is -0.113. The molecule has 3 aromatic carbocycles. The van der Waals surface area contributed by atoms with Crippen molar-refractivity contribution in [2.45, 2.75) is 12.7 Å². The Morgan fingerprint density at radius 3 is 2.35 bits per heavy atom. The van der Waals surface area contributed by atoms with Gasteiger partial charge in [0.1, 0.15) is 6.26 Å². The number of thioether (sulfide) groups is 1. The van der Waals surface area contributed by atoms with Gasteiger partial charge in [0, 0.05) is 28.4 Å². The zero-order valence-electron chi connectivity index (χ0n) is 18.6. The Morgan fingerprint density at radius 2 is 1.59 bits per heavy atom. The molecule has 3 amide bonds. The van der Waals surface area contributed by atoms with E-state index >= 15 is 0 Å². The number of carbonyl (C=O) groups is 2. The van der Waals surface area contributed by atoms with E-state index < -0.39 is 0 Å². The molecule has 8 heteroatoms. The number of hydrogen-bond donors (Lipinski definition) is 3. The summed E-state index contributed by atoms with van der Waals surface area (Å²) in [6, 6.07) is 23.9. The van der Waals surface area contributed by atoms with Crippen LogP contribution in [-0.4, -0.2) is 22.7 Å². The molecule has 0 atom stereocenters. The number of oxazole rings is 1. The van der Waals surface area contributed by atoms with Crippen LogP contribution in [0, 0.1) is 6.92 Å². The molecule has 0 saturated carbocycles. The average molecular weight is 473 g/mol. The topological polar surface area (TPSA) is 96.3 Å². The summed E-state index contributed by atoms with van der Waals surface area (Å²) in [5.41, 5.74) is 4.52. The zero-order chi connectivity index (χ0) is 23.8. The van der Waals surface area contributed by atoms with Gasteiger partial charge < -0.3 is 20.4 Å². The number of urea groups is 1. The second kappa shape index (κ2) is 11.2. The minimum atomic E-state index is -0.356. The molecule has 0 aliphatic rings. The second-order valence-corrected chi connectivity index (χ2v) is 8.51. The number of amides is 3. The number of nitrogens with one attached hydrogen (secondary N) is 3. The molecule has 34 heavy (non-hydrogen) atoms. The Balaban J connectivity index is 1.27. The van der Waals surface area contributed by atoms with Gasteiger partial charge in [0.2, 0.25) is 11.8 Å². The lowest BCUT2D eigenvalue weighted by Crippen LogP contribution is -2.20. The fraction of sp³-hybridized carbons (Fsp3) is 0.115. The van der Waals surface area contributed by atoms with E-state index in [1.165, 1.54) is 11.8 Å². The largest absolute Gasteiger partial charge is 0.444 e. The van der Waals surface area contributed by atoms with E-state index in [9.17, 15) is 9.59 Å². The minimum Gasteiger partial charge on any atom is -0.444 e. The summed E-state index contributed by atoms with van der Waals surface area (Å²) in [6.45, 7) is 1.90. The van der Waals surface area contributed by atoms with E-state index in [0.29, 0.717) is 28.7 Å². The maximum absolute atomic E-state index is 12.5. The molecular weight excluding hydrogens is 448 g/mol. The maximum Gasteiger partial charge on any atom is 0.323 e. The summed E-state index contributed by atoms with van der Waals surface area (Å²) >= 11 is 1.45. The molecule has 3 N–H and O–H groups in total. The summed E-state index contributed by atoms with van der Waals surface area (Å²) in [5, 5.41) is 8.47. The average Bonchev–Trinajstić information content (AvgIpc) is 3.31. The number of rotatable bonds is 8. The molecule has 4 rings (SSSR count). The number of hydrogen-bond acceptors (Lipinski definition) is 5. The van der Waals surface area contributed by atoms with Crippen LogP contribution in [0.5, 0.6) is 0 Å². The van der Waals surface area contributed by atoms with Gasteiger partial charge in [-0.05, 0) is 48.9 Å². The number of benzene rings is 3. The molecule has 4 aromatic rings. The highest BCUT2D eigenvalue weighted by Crippen LogP contribution is 2.23. The van der Waals surface area contributed by atoms with Crippen molar-refractivity contribution in [2.75, 3.05) is 21.7 Å². The van der Waals surface area contributed by atoms with Crippen LogP contribution in [0.25, 0.3) is 11.5 Å². The first-order valence-electron chi connectivity index (χ1n) is 10.7. The van der Waals surface area contributed by atoms with Crippen LogP contribution < -0.4 is 16.0 Å². The third-order valence-corrected chi connectivity index (χ3v) is 5.82. The van der Waals surface area contributed by atoms with Gasteiger partial charge in [-0.25, -0.2) is 9.78 Å². The van der Waals surface area contributed by atoms with Crippen molar-refractivity contribution in [1.82, 2.24) is 4.98 Å². The van der Waals surface area contributed by atoms with E-state index in [0.717, 1.165) is 16.8 Å². The molecule has 0 aliphatic carbocycles. The summed E-state index contributed by atoms with van der Waals surface area (Å²) < 4.78 is 5.54. The van der Waals surface area contributed by atoms with Crippen LogP contribution in [-0.2, 0) is 10.5 Å². The van der Waals surface area contributed by atoms with Gasteiger partial charge in [-0.1, -0.05) is 42.5 Å². The van der Waals surface area contributed by atoms with Gasteiger partial charge in [0.25, 0.3) is 0 Å². The Bertz CT molecular complexity index is 1260.